The molecule has 9 heterocycles. The first-order valence-electron chi connectivity index (χ1n) is 30.3. The van der Waals surface area contributed by atoms with Gasteiger partial charge in [-0.05, 0) is 204 Å². The van der Waals surface area contributed by atoms with Crippen LogP contribution in [0.2, 0.25) is 0 Å². The van der Waals surface area contributed by atoms with Gasteiger partial charge in [0.2, 0.25) is 0 Å². The largest absolute Gasteiger partial charge is 0.389 e. The molecule has 0 saturated carbocycles. The van der Waals surface area contributed by atoms with Crippen molar-refractivity contribution >= 4 is 26.6 Å². The van der Waals surface area contributed by atoms with E-state index in [0.717, 1.165) is 34.6 Å². The third kappa shape index (κ3) is 31.0. The number of benzene rings is 3. The number of hydrogen-bond donors (Lipinski definition) is 3. The minimum Gasteiger partial charge on any atom is -0.389 e. The Morgan fingerprint density at radius 2 is 0.957 bits per heavy atom. The molecule has 0 spiro atoms. The molecule has 12 aromatic rings. The second-order valence-corrected chi connectivity index (χ2v) is 23.1. The van der Waals surface area contributed by atoms with Crippen LogP contribution < -0.4 is 4.90 Å². The molecule has 0 amide bonds. The van der Waals surface area contributed by atoms with Gasteiger partial charge in [0.05, 0.1) is 11.7 Å². The summed E-state index contributed by atoms with van der Waals surface area (Å²) in [4.78, 5) is 37.8. The normalized spacial score (nSPS) is 10.5. The first kappa shape index (κ1) is 75.4. The summed E-state index contributed by atoms with van der Waals surface area (Å²) < 4.78 is 30.9. The van der Waals surface area contributed by atoms with Crippen LogP contribution in [-0.2, 0) is 22.1 Å². The maximum Gasteiger partial charge on any atom is 0.295 e. The van der Waals surface area contributed by atoms with Crippen LogP contribution in [0.25, 0.3) is 10.8 Å². The van der Waals surface area contributed by atoms with Crippen molar-refractivity contribution in [3.05, 3.63) is 343 Å². The summed E-state index contributed by atoms with van der Waals surface area (Å²) in [5.74, 6) is 0.269. The van der Waals surface area contributed by atoms with Crippen LogP contribution in [0.4, 0.5) is 5.69 Å². The minimum atomic E-state index is -4.16. The Hall–Kier alpha value is -10.1. The SMILES string of the molecule is CC(C)(O)c1ccncc1.CC(O)c1ccncc1.CCCc1ccccn1.CN(C)c1ccncc1.Cc1cc(C)nc(C)c1.Cc1ccccn1.Cc1cccnc1.O=S(=O)(O)c1cccc2cnccc12.c1ccc(C(c2ccccc2)c2ccncc2)cc1. The zero-order chi connectivity index (χ0) is 67.7. The second-order valence-electron chi connectivity index (χ2n) is 21.7. The maximum absolute atomic E-state index is 11.0. The number of aliphatic hydroxyl groups is 2. The van der Waals surface area contributed by atoms with Gasteiger partial charge >= 0.3 is 0 Å². The molecule has 0 aliphatic heterocycles. The smallest absolute Gasteiger partial charge is 0.295 e. The van der Waals surface area contributed by atoms with Gasteiger partial charge in [0, 0.05) is 146 Å². The van der Waals surface area contributed by atoms with Crippen LogP contribution >= 0.6 is 0 Å². The molecule has 3 N–H and O–H groups in total. The van der Waals surface area contributed by atoms with Crippen molar-refractivity contribution in [2.24, 2.45) is 0 Å². The molecule has 0 radical (unpaired) electrons. The molecular weight excluding hydrogens is 1180 g/mol. The van der Waals surface area contributed by atoms with E-state index in [2.05, 4.69) is 150 Å². The van der Waals surface area contributed by atoms with E-state index in [1.165, 1.54) is 57.9 Å². The Kier molecular flexibility index (Phi) is 34.1. The summed E-state index contributed by atoms with van der Waals surface area (Å²) in [5, 5.41) is 19.6. The van der Waals surface area contributed by atoms with Gasteiger partial charge in [-0.3, -0.25) is 49.4 Å². The van der Waals surface area contributed by atoms with Crippen molar-refractivity contribution in [1.82, 2.24) is 44.9 Å². The first-order valence-corrected chi connectivity index (χ1v) is 31.7. The molecule has 3 aromatic carbocycles. The van der Waals surface area contributed by atoms with Crippen molar-refractivity contribution in [1.29, 1.82) is 0 Å². The maximum atomic E-state index is 11.0. The lowest BCUT2D eigenvalue weighted by atomic mass is 9.86. The fourth-order valence-corrected chi connectivity index (χ4v) is 9.24. The number of pyridine rings is 9. The third-order valence-electron chi connectivity index (χ3n) is 13.1. The number of hydrogen-bond acceptors (Lipinski definition) is 14. The van der Waals surface area contributed by atoms with E-state index in [1.807, 2.05) is 126 Å². The van der Waals surface area contributed by atoms with E-state index in [0.29, 0.717) is 10.8 Å². The van der Waals surface area contributed by atoms with Crippen LogP contribution in [0.15, 0.2) is 286 Å². The molecule has 0 aliphatic carbocycles. The van der Waals surface area contributed by atoms with Gasteiger partial charge < -0.3 is 15.1 Å². The fourth-order valence-electron chi connectivity index (χ4n) is 8.53. The highest BCUT2D eigenvalue weighted by Gasteiger charge is 2.17. The Bertz CT molecular complexity index is 3750. The molecular formula is C77H88N10O5S. The number of fused-ring (bicyclic) bond motifs is 1. The predicted octanol–water partition coefficient (Wildman–Crippen LogP) is 16.2. The standard InChI is InChI=1S/C18H15N.C9H7NO3S.C8H11NO.2C8H11N.C7H10N2.C7H9NO.2C6H7N/c1-3-7-15(8-4-1)18(16-9-5-2-6-10-16)17-11-13-19-14-12-17;11-14(12,13)9-3-1-2-7-6-10-5-4-8(7)9;1-8(2,10)7-3-5-9-6-4-7;1-6-4-7(2)9-8(3)5-6;1-2-5-8-6-3-4-7-9-8;1-9(2)7-3-5-8-6-4-7;1-6(9)7-2-4-8-5-3-7;1-6-3-2-4-7-5-6;1-6-4-2-3-5-7-6/h1-14,18H;1-6H,(H,11,12,13);3-6,10H,1-2H3;4-5H,1-3H3;3-4,6-7H,2,5H2,1H3;3-6H,1-2H3;2-6,9H,1H3;2*2-5H,1H3. The number of rotatable bonds is 9. The van der Waals surface area contributed by atoms with E-state index in [4.69, 9.17) is 9.66 Å². The fraction of sp³-hybridized carbons (Fsp3) is 0.208. The van der Waals surface area contributed by atoms with Gasteiger partial charge in [0.1, 0.15) is 4.90 Å². The summed E-state index contributed by atoms with van der Waals surface area (Å²) >= 11 is 0. The van der Waals surface area contributed by atoms with Gasteiger partial charge in [0.25, 0.3) is 10.1 Å². The minimum absolute atomic E-state index is 0.0857. The third-order valence-corrected chi connectivity index (χ3v) is 14.0. The Morgan fingerprint density at radius 3 is 1.33 bits per heavy atom. The van der Waals surface area contributed by atoms with E-state index < -0.39 is 15.7 Å². The van der Waals surface area contributed by atoms with Crippen molar-refractivity contribution in [3.8, 4) is 0 Å². The molecule has 12 rings (SSSR count). The molecule has 482 valence electrons. The van der Waals surface area contributed by atoms with Gasteiger partial charge in [0.15, 0.2) is 0 Å². The average Bonchev–Trinajstić information content (AvgIpc) is 0.849. The Morgan fingerprint density at radius 1 is 0.473 bits per heavy atom. The second kappa shape index (κ2) is 42.1. The van der Waals surface area contributed by atoms with Crippen LogP contribution in [-0.4, -0.2) is 82.1 Å². The van der Waals surface area contributed by atoms with Crippen molar-refractivity contribution < 1.29 is 23.2 Å². The van der Waals surface area contributed by atoms with Crippen LogP contribution in [0.5, 0.6) is 0 Å². The number of anilines is 1. The molecule has 0 saturated heterocycles. The topological polar surface area (TPSA) is 214 Å². The summed E-state index contributed by atoms with van der Waals surface area (Å²) in [6.45, 7) is 17.5. The van der Waals surface area contributed by atoms with E-state index >= 15 is 0 Å². The van der Waals surface area contributed by atoms with Gasteiger partial charge in [-0.2, -0.15) is 8.42 Å². The van der Waals surface area contributed by atoms with Gasteiger partial charge in [-0.25, -0.2) is 0 Å². The highest BCUT2D eigenvalue weighted by atomic mass is 32.2. The number of aryl methyl sites for hydroxylation is 6. The molecule has 1 unspecified atom stereocenters. The molecule has 0 bridgehead atoms. The molecule has 93 heavy (non-hydrogen) atoms. The Balaban J connectivity index is 0.000000228. The van der Waals surface area contributed by atoms with Crippen molar-refractivity contribution in [3.63, 3.8) is 0 Å². The first-order chi connectivity index (χ1) is 44.7. The zero-order valence-corrected chi connectivity index (χ0v) is 56.0. The Labute approximate surface area is 551 Å². The van der Waals surface area contributed by atoms with Crippen LogP contribution in [0.1, 0.15) is 108 Å². The van der Waals surface area contributed by atoms with Crippen molar-refractivity contribution in [2.75, 3.05) is 19.0 Å². The van der Waals surface area contributed by atoms with Crippen LogP contribution in [0.3, 0.4) is 0 Å². The van der Waals surface area contributed by atoms with Crippen molar-refractivity contribution in [2.45, 2.75) is 97.7 Å². The highest BCUT2D eigenvalue weighted by Crippen LogP contribution is 2.31. The quantitative estimate of drug-likeness (QED) is 0.115. The summed E-state index contributed by atoms with van der Waals surface area (Å²) in [6, 6.07) is 62.7. The highest BCUT2D eigenvalue weighted by molar-refractivity contribution is 7.86. The molecule has 0 aliphatic rings. The number of aromatic nitrogens is 9. The average molecular weight is 1270 g/mol. The van der Waals surface area contributed by atoms with Crippen LogP contribution in [0, 0.1) is 34.6 Å². The molecule has 1 atom stereocenters. The lowest BCUT2D eigenvalue weighted by molar-refractivity contribution is 0.0785. The zero-order valence-electron chi connectivity index (χ0n) is 55.2. The monoisotopic (exact) mass is 1260 g/mol. The molecule has 9 aromatic heterocycles. The lowest BCUT2D eigenvalue weighted by Crippen LogP contribution is -2.14. The molecule has 16 heteroatoms. The lowest BCUT2D eigenvalue weighted by Gasteiger charge is -2.18. The van der Waals surface area contributed by atoms with E-state index in [9.17, 15) is 13.5 Å². The summed E-state index contributed by atoms with van der Waals surface area (Å²) in [5.41, 5.74) is 13.1. The summed E-state index contributed by atoms with van der Waals surface area (Å²) in [6.07, 6.45) is 26.1. The predicted molar refractivity (Wildman–Crippen MR) is 377 cm³/mol. The molecule has 0 fully saturated rings. The van der Waals surface area contributed by atoms with Gasteiger partial charge in [-0.15, -0.1) is 0 Å². The summed E-state index contributed by atoms with van der Waals surface area (Å²) in [7, 11) is -0.139. The van der Waals surface area contributed by atoms with E-state index in [-0.39, 0.29) is 16.9 Å². The number of nitrogens with zero attached hydrogens (tertiary/aromatic N) is 10. The molecule has 15 nitrogen and oxygen atoms in total. The van der Waals surface area contributed by atoms with Gasteiger partial charge in [-0.1, -0.05) is 104 Å². The van der Waals surface area contributed by atoms with E-state index in [1.54, 1.807) is 119 Å². The number of aliphatic hydroxyl groups excluding tert-OH is 1.